The van der Waals surface area contributed by atoms with Crippen molar-refractivity contribution in [3.8, 4) is 11.5 Å². The summed E-state index contributed by atoms with van der Waals surface area (Å²) in [5.41, 5.74) is 3.48. The Balaban J connectivity index is 2.28. The van der Waals surface area contributed by atoms with Gasteiger partial charge in [-0.2, -0.15) is 0 Å². The standard InChI is InChI=1S/C24H34N2O4/c1-8-11-26(24(28)23-16(4)22(18(6)27)17(5)25-23)13-19-9-10-20(21(12-19)29-7)30-14-15(2)3/h9-10,12,15,25H,8,11,13-14H2,1-7H3. The number of hydrogen-bond donors (Lipinski definition) is 1. The summed E-state index contributed by atoms with van der Waals surface area (Å²) in [6.07, 6.45) is 0.830. The first-order valence-electron chi connectivity index (χ1n) is 10.5. The molecule has 0 aliphatic heterocycles. The predicted molar refractivity (Wildman–Crippen MR) is 119 cm³/mol. The lowest BCUT2D eigenvalue weighted by atomic mass is 10.1. The number of benzene rings is 1. The number of aryl methyl sites for hydroxylation is 1. The van der Waals surface area contributed by atoms with Crippen LogP contribution in [-0.4, -0.2) is 41.8 Å². The summed E-state index contributed by atoms with van der Waals surface area (Å²) in [5.74, 6) is 1.63. The molecule has 30 heavy (non-hydrogen) atoms. The highest BCUT2D eigenvalue weighted by molar-refractivity contribution is 6.02. The number of rotatable bonds is 10. The summed E-state index contributed by atoms with van der Waals surface area (Å²) in [6, 6.07) is 5.77. The number of ether oxygens (including phenoxy) is 2. The molecule has 6 nitrogen and oxygen atoms in total. The molecule has 0 atom stereocenters. The minimum absolute atomic E-state index is 0.0379. The van der Waals surface area contributed by atoms with Crippen LogP contribution in [0.15, 0.2) is 18.2 Å². The van der Waals surface area contributed by atoms with Gasteiger partial charge in [0.25, 0.3) is 5.91 Å². The Hall–Kier alpha value is -2.76. The Labute approximate surface area is 179 Å². The normalized spacial score (nSPS) is 10.9. The van der Waals surface area contributed by atoms with E-state index < -0.39 is 0 Å². The molecule has 0 saturated carbocycles. The average Bonchev–Trinajstić information content (AvgIpc) is 2.99. The summed E-state index contributed by atoms with van der Waals surface area (Å²) in [7, 11) is 1.62. The van der Waals surface area contributed by atoms with Gasteiger partial charge >= 0.3 is 0 Å². The van der Waals surface area contributed by atoms with Crippen LogP contribution in [0.5, 0.6) is 11.5 Å². The number of Topliss-reactive ketones (excluding diaryl/α,β-unsaturated/α-hetero) is 1. The molecular formula is C24H34N2O4. The van der Waals surface area contributed by atoms with Gasteiger partial charge in [-0.3, -0.25) is 9.59 Å². The van der Waals surface area contributed by atoms with E-state index in [-0.39, 0.29) is 11.7 Å². The molecule has 1 aromatic carbocycles. The molecule has 1 aromatic heterocycles. The van der Waals surface area contributed by atoms with Crippen LogP contribution in [0.2, 0.25) is 0 Å². The minimum atomic E-state index is -0.107. The van der Waals surface area contributed by atoms with Crippen molar-refractivity contribution in [1.82, 2.24) is 9.88 Å². The van der Waals surface area contributed by atoms with E-state index in [4.69, 9.17) is 9.47 Å². The van der Waals surface area contributed by atoms with Gasteiger partial charge in [0.15, 0.2) is 17.3 Å². The number of amides is 1. The zero-order valence-corrected chi connectivity index (χ0v) is 19.2. The van der Waals surface area contributed by atoms with Crippen molar-refractivity contribution < 1.29 is 19.1 Å². The van der Waals surface area contributed by atoms with Crippen LogP contribution in [0.4, 0.5) is 0 Å². The smallest absolute Gasteiger partial charge is 0.270 e. The van der Waals surface area contributed by atoms with E-state index in [1.807, 2.05) is 39.0 Å². The van der Waals surface area contributed by atoms with E-state index >= 15 is 0 Å². The SMILES string of the molecule is CCCN(Cc1ccc(OCC(C)C)c(OC)c1)C(=O)c1[nH]c(C)c(C(C)=O)c1C. The number of ketones is 1. The van der Waals surface area contributed by atoms with Gasteiger partial charge < -0.3 is 19.4 Å². The van der Waals surface area contributed by atoms with Gasteiger partial charge in [-0.15, -0.1) is 0 Å². The van der Waals surface area contributed by atoms with Crippen molar-refractivity contribution in [3.63, 3.8) is 0 Å². The highest BCUT2D eigenvalue weighted by Gasteiger charge is 2.24. The molecule has 0 unspecified atom stereocenters. The van der Waals surface area contributed by atoms with Gasteiger partial charge in [0.1, 0.15) is 5.69 Å². The summed E-state index contributed by atoms with van der Waals surface area (Å²) < 4.78 is 11.3. The minimum Gasteiger partial charge on any atom is -0.493 e. The monoisotopic (exact) mass is 414 g/mol. The van der Waals surface area contributed by atoms with Crippen molar-refractivity contribution >= 4 is 11.7 Å². The number of aromatic amines is 1. The third kappa shape index (κ3) is 5.43. The second-order valence-electron chi connectivity index (χ2n) is 8.10. The lowest BCUT2D eigenvalue weighted by molar-refractivity contribution is 0.0737. The molecule has 0 aliphatic carbocycles. The molecule has 0 saturated heterocycles. The number of carbonyl (C=O) groups is 2. The quantitative estimate of drug-likeness (QED) is 0.560. The molecule has 2 rings (SSSR count). The second kappa shape index (κ2) is 10.3. The first-order valence-corrected chi connectivity index (χ1v) is 10.5. The zero-order valence-electron chi connectivity index (χ0n) is 19.2. The summed E-state index contributed by atoms with van der Waals surface area (Å²) in [6.45, 7) is 13.1. The first kappa shape index (κ1) is 23.5. The van der Waals surface area contributed by atoms with E-state index in [2.05, 4.69) is 18.8 Å². The third-order valence-electron chi connectivity index (χ3n) is 4.96. The largest absolute Gasteiger partial charge is 0.493 e. The van der Waals surface area contributed by atoms with Crippen LogP contribution in [0, 0.1) is 19.8 Å². The third-order valence-corrected chi connectivity index (χ3v) is 4.96. The van der Waals surface area contributed by atoms with Crippen LogP contribution in [-0.2, 0) is 6.54 Å². The van der Waals surface area contributed by atoms with Crippen molar-refractivity contribution in [1.29, 1.82) is 0 Å². The first-order chi connectivity index (χ1) is 14.2. The molecule has 164 valence electrons. The molecule has 0 radical (unpaired) electrons. The van der Waals surface area contributed by atoms with Gasteiger partial charge in [0.2, 0.25) is 0 Å². The van der Waals surface area contributed by atoms with Gasteiger partial charge in [0.05, 0.1) is 13.7 Å². The maximum atomic E-state index is 13.3. The Morgan fingerprint density at radius 2 is 1.87 bits per heavy atom. The summed E-state index contributed by atoms with van der Waals surface area (Å²) in [5, 5.41) is 0. The molecule has 0 spiro atoms. The average molecular weight is 415 g/mol. The topological polar surface area (TPSA) is 71.6 Å². The van der Waals surface area contributed by atoms with Crippen LogP contribution >= 0.6 is 0 Å². The van der Waals surface area contributed by atoms with Gasteiger partial charge in [-0.05, 0) is 56.4 Å². The van der Waals surface area contributed by atoms with E-state index in [0.717, 1.165) is 17.7 Å². The lowest BCUT2D eigenvalue weighted by Gasteiger charge is -2.23. The number of aromatic nitrogens is 1. The Kier molecular flexibility index (Phi) is 8.09. The van der Waals surface area contributed by atoms with E-state index in [9.17, 15) is 9.59 Å². The fraction of sp³-hybridized carbons (Fsp3) is 0.500. The molecule has 0 bridgehead atoms. The lowest BCUT2D eigenvalue weighted by Crippen LogP contribution is -2.32. The number of H-pyrrole nitrogens is 1. The Morgan fingerprint density at radius 3 is 2.40 bits per heavy atom. The molecule has 2 aromatic rings. The number of carbonyl (C=O) groups excluding carboxylic acids is 2. The predicted octanol–water partition coefficient (Wildman–Crippen LogP) is 4.93. The number of nitrogens with one attached hydrogen (secondary N) is 1. The molecule has 0 aliphatic rings. The molecule has 1 amide bonds. The van der Waals surface area contributed by atoms with Gasteiger partial charge in [-0.1, -0.05) is 26.8 Å². The summed E-state index contributed by atoms with van der Waals surface area (Å²) >= 11 is 0. The maximum Gasteiger partial charge on any atom is 0.270 e. The number of hydrogen-bond acceptors (Lipinski definition) is 4. The fourth-order valence-electron chi connectivity index (χ4n) is 3.58. The molecule has 6 heteroatoms. The van der Waals surface area contributed by atoms with Gasteiger partial charge in [-0.25, -0.2) is 0 Å². The molecule has 1 N–H and O–H groups in total. The highest BCUT2D eigenvalue weighted by atomic mass is 16.5. The fourth-order valence-corrected chi connectivity index (χ4v) is 3.58. The van der Waals surface area contributed by atoms with Gasteiger partial charge in [0, 0.05) is 24.3 Å². The Morgan fingerprint density at radius 1 is 1.17 bits per heavy atom. The van der Waals surface area contributed by atoms with Crippen molar-refractivity contribution in [2.75, 3.05) is 20.3 Å². The maximum absolute atomic E-state index is 13.3. The molecular weight excluding hydrogens is 380 g/mol. The van der Waals surface area contributed by atoms with Crippen LogP contribution in [0.25, 0.3) is 0 Å². The molecule has 0 fully saturated rings. The van der Waals surface area contributed by atoms with Crippen molar-refractivity contribution in [2.24, 2.45) is 5.92 Å². The summed E-state index contributed by atoms with van der Waals surface area (Å²) in [4.78, 5) is 30.1. The molecule has 1 heterocycles. The van der Waals surface area contributed by atoms with Crippen molar-refractivity contribution in [3.05, 3.63) is 46.3 Å². The van der Waals surface area contributed by atoms with E-state index in [1.54, 1.807) is 12.0 Å². The zero-order chi connectivity index (χ0) is 22.4. The van der Waals surface area contributed by atoms with Crippen LogP contribution in [0.1, 0.15) is 71.8 Å². The van der Waals surface area contributed by atoms with E-state index in [1.165, 1.54) is 6.92 Å². The second-order valence-corrected chi connectivity index (χ2v) is 8.10. The van der Waals surface area contributed by atoms with Crippen LogP contribution < -0.4 is 9.47 Å². The Bertz CT molecular complexity index is 899. The highest BCUT2D eigenvalue weighted by Crippen LogP contribution is 2.29. The van der Waals surface area contributed by atoms with Crippen LogP contribution in [0.3, 0.4) is 0 Å². The van der Waals surface area contributed by atoms with E-state index in [0.29, 0.717) is 53.9 Å². The number of nitrogens with zero attached hydrogens (tertiary/aromatic N) is 1. The number of methoxy groups -OCH3 is 1. The van der Waals surface area contributed by atoms with Crippen molar-refractivity contribution in [2.45, 2.75) is 54.5 Å².